The lowest BCUT2D eigenvalue weighted by Crippen LogP contribution is -2.27. The van der Waals surface area contributed by atoms with Gasteiger partial charge >= 0.3 is 0 Å². The van der Waals surface area contributed by atoms with Crippen LogP contribution in [0.25, 0.3) is 0 Å². The number of nitrogens with zero attached hydrogens (tertiary/aromatic N) is 1. The molecule has 4 nitrogen and oxygen atoms in total. The minimum Gasteiger partial charge on any atom is -0.396 e. The average molecular weight is 307 g/mol. The summed E-state index contributed by atoms with van der Waals surface area (Å²) in [4.78, 5) is 2.24. The van der Waals surface area contributed by atoms with E-state index in [2.05, 4.69) is 11.8 Å². The van der Waals surface area contributed by atoms with Crippen molar-refractivity contribution in [3.8, 4) is 0 Å². The topological polar surface area (TPSA) is 63.9 Å². The van der Waals surface area contributed by atoms with E-state index in [0.717, 1.165) is 30.6 Å². The first-order chi connectivity index (χ1) is 10.3. The predicted molar refractivity (Wildman–Crippen MR) is 87.4 cm³/mol. The predicted octanol–water partition coefficient (Wildman–Crippen LogP) is 1.90. The fourth-order valence-corrected chi connectivity index (χ4v) is 3.32. The number of β-amino-alcohol motifs (C(OH)–C–C–N with tert-alkyl or cyclic N) is 1. The molecule has 1 aliphatic heterocycles. The fraction of sp³-hybridized carbons (Fsp3) is 0.667. The van der Waals surface area contributed by atoms with E-state index in [9.17, 15) is 15.3 Å². The van der Waals surface area contributed by atoms with Gasteiger partial charge in [0.05, 0.1) is 11.7 Å². The van der Waals surface area contributed by atoms with Crippen LogP contribution in [0, 0.1) is 11.8 Å². The summed E-state index contributed by atoms with van der Waals surface area (Å²) in [5.41, 5.74) is 0.853. The smallest absolute Gasteiger partial charge is 0.0916 e. The van der Waals surface area contributed by atoms with E-state index in [1.807, 2.05) is 24.3 Å². The molecule has 0 aliphatic carbocycles. The van der Waals surface area contributed by atoms with E-state index in [1.54, 1.807) is 13.8 Å². The lowest BCUT2D eigenvalue weighted by Gasteiger charge is -2.22. The Bertz CT molecular complexity index is 454. The lowest BCUT2D eigenvalue weighted by molar-refractivity contribution is 0.0783. The highest BCUT2D eigenvalue weighted by Crippen LogP contribution is 2.28. The zero-order chi connectivity index (χ0) is 16.3. The van der Waals surface area contributed by atoms with Gasteiger partial charge in [0.25, 0.3) is 0 Å². The number of hydrogen-bond acceptors (Lipinski definition) is 4. The second-order valence-corrected chi connectivity index (χ2v) is 7.03. The highest BCUT2D eigenvalue weighted by molar-refractivity contribution is 5.27. The normalized spacial score (nSPS) is 24.6. The second-order valence-electron chi connectivity index (χ2n) is 7.03. The molecule has 0 amide bonds. The van der Waals surface area contributed by atoms with Gasteiger partial charge in [-0.25, -0.2) is 0 Å². The highest BCUT2D eigenvalue weighted by Gasteiger charge is 2.31. The summed E-state index contributed by atoms with van der Waals surface area (Å²) in [5.74, 6) is 0.851. The van der Waals surface area contributed by atoms with Gasteiger partial charge in [-0.2, -0.15) is 0 Å². The highest BCUT2D eigenvalue weighted by atomic mass is 16.3. The second kappa shape index (κ2) is 7.09. The molecule has 2 rings (SSSR count). The minimum absolute atomic E-state index is 0.228. The van der Waals surface area contributed by atoms with Gasteiger partial charge in [0.15, 0.2) is 0 Å². The molecule has 0 saturated carbocycles. The van der Waals surface area contributed by atoms with E-state index >= 15 is 0 Å². The molecule has 0 spiro atoms. The summed E-state index contributed by atoms with van der Waals surface area (Å²) in [6.07, 6.45) is 0.531. The van der Waals surface area contributed by atoms with Crippen LogP contribution >= 0.6 is 0 Å². The van der Waals surface area contributed by atoms with E-state index in [0.29, 0.717) is 18.4 Å². The number of rotatable bonds is 6. The van der Waals surface area contributed by atoms with E-state index in [-0.39, 0.29) is 6.61 Å². The van der Waals surface area contributed by atoms with Gasteiger partial charge < -0.3 is 15.3 Å². The van der Waals surface area contributed by atoms with Crippen LogP contribution in [0.5, 0.6) is 0 Å². The van der Waals surface area contributed by atoms with Crippen LogP contribution in [0.2, 0.25) is 0 Å². The first-order valence-electron chi connectivity index (χ1n) is 8.19. The lowest BCUT2D eigenvalue weighted by atomic mass is 9.95. The van der Waals surface area contributed by atoms with Gasteiger partial charge in [0.1, 0.15) is 0 Å². The molecule has 0 aromatic heterocycles. The molecular weight excluding hydrogens is 278 g/mol. The molecular formula is C18H29NO3. The fourth-order valence-electron chi connectivity index (χ4n) is 3.32. The number of aliphatic hydroxyl groups excluding tert-OH is 2. The van der Waals surface area contributed by atoms with E-state index in [1.165, 1.54) is 0 Å². The molecule has 1 heterocycles. The number of aliphatic hydroxyl groups is 3. The van der Waals surface area contributed by atoms with Crippen molar-refractivity contribution in [1.82, 2.24) is 4.90 Å². The Morgan fingerprint density at radius 3 is 2.23 bits per heavy atom. The van der Waals surface area contributed by atoms with Crippen LogP contribution < -0.4 is 0 Å². The number of benzene rings is 1. The molecule has 1 aromatic carbocycles. The number of likely N-dealkylation sites (tertiary alicyclic amines) is 1. The van der Waals surface area contributed by atoms with Gasteiger partial charge in [-0.15, -0.1) is 0 Å². The maximum atomic E-state index is 10.4. The molecule has 1 aromatic rings. The van der Waals surface area contributed by atoms with Gasteiger partial charge in [-0.05, 0) is 36.8 Å². The Morgan fingerprint density at radius 1 is 1.18 bits per heavy atom. The SMILES string of the molecule is CC[C@@H]1CN(CC(O)c2ccc(C(C)(C)O)cc2)C[C@@H]1CO. The molecule has 1 saturated heterocycles. The standard InChI is InChI=1S/C18H29NO3/c1-4-13-9-19(10-15(13)12-20)11-17(21)14-5-7-16(8-6-14)18(2,3)22/h5-8,13,15,17,20-22H,4,9-12H2,1-3H3/t13-,15-,17?/m1/s1. The van der Waals surface area contributed by atoms with Crippen molar-refractivity contribution in [2.24, 2.45) is 11.8 Å². The largest absolute Gasteiger partial charge is 0.396 e. The van der Waals surface area contributed by atoms with Crippen LogP contribution in [0.3, 0.4) is 0 Å². The van der Waals surface area contributed by atoms with Crippen molar-refractivity contribution in [1.29, 1.82) is 0 Å². The average Bonchev–Trinajstić information content (AvgIpc) is 2.88. The molecule has 22 heavy (non-hydrogen) atoms. The monoisotopic (exact) mass is 307 g/mol. The Balaban J connectivity index is 1.96. The maximum Gasteiger partial charge on any atom is 0.0916 e. The van der Waals surface area contributed by atoms with Crippen molar-refractivity contribution in [2.45, 2.75) is 38.9 Å². The van der Waals surface area contributed by atoms with Crippen LogP contribution in [0.4, 0.5) is 0 Å². The summed E-state index contributed by atoms with van der Waals surface area (Å²) >= 11 is 0. The number of hydrogen-bond donors (Lipinski definition) is 3. The Hall–Kier alpha value is -0.940. The van der Waals surface area contributed by atoms with Crippen molar-refractivity contribution >= 4 is 0 Å². The molecule has 4 heteroatoms. The third-order valence-corrected chi connectivity index (χ3v) is 4.84. The molecule has 1 unspecified atom stereocenters. The Kier molecular flexibility index (Phi) is 5.61. The van der Waals surface area contributed by atoms with E-state index in [4.69, 9.17) is 0 Å². The van der Waals surface area contributed by atoms with Gasteiger partial charge in [-0.1, -0.05) is 37.6 Å². The van der Waals surface area contributed by atoms with Gasteiger partial charge in [0.2, 0.25) is 0 Å². The third kappa shape index (κ3) is 4.07. The van der Waals surface area contributed by atoms with Gasteiger partial charge in [0, 0.05) is 26.2 Å². The maximum absolute atomic E-state index is 10.4. The van der Waals surface area contributed by atoms with Crippen molar-refractivity contribution in [3.63, 3.8) is 0 Å². The molecule has 3 N–H and O–H groups in total. The van der Waals surface area contributed by atoms with Crippen LogP contribution in [-0.2, 0) is 5.60 Å². The van der Waals surface area contributed by atoms with Crippen LogP contribution in [0.1, 0.15) is 44.4 Å². The molecule has 1 aliphatic rings. The minimum atomic E-state index is -0.860. The summed E-state index contributed by atoms with van der Waals surface area (Å²) in [5, 5.41) is 29.8. The summed E-state index contributed by atoms with van der Waals surface area (Å²) in [7, 11) is 0. The molecule has 0 bridgehead atoms. The summed E-state index contributed by atoms with van der Waals surface area (Å²) < 4.78 is 0. The van der Waals surface area contributed by atoms with E-state index < -0.39 is 11.7 Å². The van der Waals surface area contributed by atoms with Crippen molar-refractivity contribution < 1.29 is 15.3 Å². The van der Waals surface area contributed by atoms with Crippen molar-refractivity contribution in [3.05, 3.63) is 35.4 Å². The molecule has 3 atom stereocenters. The van der Waals surface area contributed by atoms with Gasteiger partial charge in [-0.3, -0.25) is 4.90 Å². The first-order valence-corrected chi connectivity index (χ1v) is 8.19. The summed E-state index contributed by atoms with van der Waals surface area (Å²) in [6, 6.07) is 7.51. The Labute approximate surface area is 133 Å². The summed E-state index contributed by atoms with van der Waals surface area (Å²) in [6.45, 7) is 8.28. The third-order valence-electron chi connectivity index (χ3n) is 4.84. The zero-order valence-electron chi connectivity index (χ0n) is 13.9. The molecule has 124 valence electrons. The molecule has 1 fully saturated rings. The quantitative estimate of drug-likeness (QED) is 0.751. The van der Waals surface area contributed by atoms with Crippen LogP contribution in [0.15, 0.2) is 24.3 Å². The van der Waals surface area contributed by atoms with Crippen molar-refractivity contribution in [2.75, 3.05) is 26.2 Å². The molecule has 0 radical (unpaired) electrons. The zero-order valence-corrected chi connectivity index (χ0v) is 13.9. The van der Waals surface area contributed by atoms with Crippen LogP contribution in [-0.4, -0.2) is 46.5 Å². The first kappa shape index (κ1) is 17.4. The Morgan fingerprint density at radius 2 is 1.77 bits per heavy atom.